The van der Waals surface area contributed by atoms with E-state index in [2.05, 4.69) is 64.3 Å². The van der Waals surface area contributed by atoms with Gasteiger partial charge in [0.15, 0.2) is 0 Å². The number of rotatable bonds is 7. The molecule has 0 aliphatic heterocycles. The molecule has 1 rings (SSSR count). The highest BCUT2D eigenvalue weighted by molar-refractivity contribution is 9.10. The average Bonchev–Trinajstić information content (AvgIpc) is 2.31. The van der Waals surface area contributed by atoms with E-state index >= 15 is 0 Å². The standard InChI is InChI=1S/C13H21BrN2/c1-3-9-15-10-11-16(4-2)13-7-5-12(14)6-8-13/h5-8,15H,3-4,9-11H2,1-2H3. The summed E-state index contributed by atoms with van der Waals surface area (Å²) in [5.41, 5.74) is 1.30. The predicted molar refractivity (Wildman–Crippen MR) is 75.2 cm³/mol. The van der Waals surface area contributed by atoms with Crippen LogP contribution in [0.1, 0.15) is 20.3 Å². The van der Waals surface area contributed by atoms with Crippen molar-refractivity contribution >= 4 is 21.6 Å². The summed E-state index contributed by atoms with van der Waals surface area (Å²) < 4.78 is 1.14. The molecule has 0 aliphatic rings. The minimum atomic E-state index is 1.05. The normalized spacial score (nSPS) is 10.4. The van der Waals surface area contributed by atoms with Gasteiger partial charge in [-0.1, -0.05) is 22.9 Å². The fraction of sp³-hybridized carbons (Fsp3) is 0.538. The molecule has 0 atom stereocenters. The van der Waals surface area contributed by atoms with E-state index in [0.717, 1.165) is 30.7 Å². The molecule has 0 spiro atoms. The number of benzene rings is 1. The van der Waals surface area contributed by atoms with E-state index in [4.69, 9.17) is 0 Å². The zero-order valence-electron chi connectivity index (χ0n) is 10.2. The van der Waals surface area contributed by atoms with Gasteiger partial charge >= 0.3 is 0 Å². The smallest absolute Gasteiger partial charge is 0.0367 e. The summed E-state index contributed by atoms with van der Waals surface area (Å²) in [6, 6.07) is 8.51. The summed E-state index contributed by atoms with van der Waals surface area (Å²) in [5.74, 6) is 0. The highest BCUT2D eigenvalue weighted by Gasteiger charge is 2.02. The molecule has 1 aromatic rings. The summed E-state index contributed by atoms with van der Waals surface area (Å²) >= 11 is 3.46. The van der Waals surface area contributed by atoms with Gasteiger partial charge in [0.2, 0.25) is 0 Å². The molecule has 0 fully saturated rings. The van der Waals surface area contributed by atoms with Crippen LogP contribution in [0.4, 0.5) is 5.69 Å². The Morgan fingerprint density at radius 2 is 1.81 bits per heavy atom. The lowest BCUT2D eigenvalue weighted by Crippen LogP contribution is -2.32. The van der Waals surface area contributed by atoms with E-state index in [1.54, 1.807) is 0 Å². The Kier molecular flexibility index (Phi) is 6.50. The number of hydrogen-bond donors (Lipinski definition) is 1. The van der Waals surface area contributed by atoms with E-state index in [1.165, 1.54) is 12.1 Å². The molecule has 0 unspecified atom stereocenters. The monoisotopic (exact) mass is 284 g/mol. The van der Waals surface area contributed by atoms with E-state index in [9.17, 15) is 0 Å². The second kappa shape index (κ2) is 7.69. The first-order valence-electron chi connectivity index (χ1n) is 5.99. The number of nitrogens with zero attached hydrogens (tertiary/aromatic N) is 1. The van der Waals surface area contributed by atoms with Crippen LogP contribution >= 0.6 is 15.9 Å². The third-order valence-electron chi connectivity index (χ3n) is 2.56. The summed E-state index contributed by atoms with van der Waals surface area (Å²) in [7, 11) is 0. The Hall–Kier alpha value is -0.540. The lowest BCUT2D eigenvalue weighted by atomic mass is 10.3. The van der Waals surface area contributed by atoms with Crippen LogP contribution in [-0.2, 0) is 0 Å². The molecule has 16 heavy (non-hydrogen) atoms. The fourth-order valence-electron chi connectivity index (χ4n) is 1.64. The fourth-order valence-corrected chi connectivity index (χ4v) is 1.90. The first-order valence-corrected chi connectivity index (χ1v) is 6.78. The van der Waals surface area contributed by atoms with E-state index in [1.807, 2.05) is 0 Å². The maximum absolute atomic E-state index is 3.46. The second-order valence-corrected chi connectivity index (χ2v) is 4.72. The predicted octanol–water partition coefficient (Wildman–Crippen LogP) is 3.28. The Balaban J connectivity index is 2.44. The minimum Gasteiger partial charge on any atom is -0.371 e. The van der Waals surface area contributed by atoms with Crippen molar-refractivity contribution in [3.05, 3.63) is 28.7 Å². The SMILES string of the molecule is CCCNCCN(CC)c1ccc(Br)cc1. The first kappa shape index (κ1) is 13.5. The Bertz CT molecular complexity index is 284. The molecule has 0 saturated carbocycles. The van der Waals surface area contributed by atoms with Gasteiger partial charge in [-0.15, -0.1) is 0 Å². The van der Waals surface area contributed by atoms with Crippen LogP contribution in [0.2, 0.25) is 0 Å². The van der Waals surface area contributed by atoms with Gasteiger partial charge in [0.1, 0.15) is 0 Å². The lowest BCUT2D eigenvalue weighted by Gasteiger charge is -2.23. The lowest BCUT2D eigenvalue weighted by molar-refractivity contribution is 0.654. The molecule has 0 bridgehead atoms. The summed E-state index contributed by atoms with van der Waals surface area (Å²) in [6.07, 6.45) is 1.20. The third-order valence-corrected chi connectivity index (χ3v) is 3.09. The molecule has 90 valence electrons. The number of nitrogens with one attached hydrogen (secondary N) is 1. The van der Waals surface area contributed by atoms with Gasteiger partial charge in [0.05, 0.1) is 0 Å². The van der Waals surface area contributed by atoms with Crippen LogP contribution in [0.25, 0.3) is 0 Å². The quantitative estimate of drug-likeness (QED) is 0.773. The maximum Gasteiger partial charge on any atom is 0.0367 e. The second-order valence-electron chi connectivity index (χ2n) is 3.81. The Labute approximate surface area is 107 Å². The van der Waals surface area contributed by atoms with Gasteiger partial charge < -0.3 is 10.2 Å². The minimum absolute atomic E-state index is 1.05. The van der Waals surface area contributed by atoms with Crippen molar-refractivity contribution in [3.63, 3.8) is 0 Å². The molecule has 1 aromatic carbocycles. The zero-order chi connectivity index (χ0) is 11.8. The van der Waals surface area contributed by atoms with Crippen molar-refractivity contribution in [1.82, 2.24) is 5.32 Å². The van der Waals surface area contributed by atoms with Gasteiger partial charge in [-0.2, -0.15) is 0 Å². The van der Waals surface area contributed by atoms with E-state index in [0.29, 0.717) is 0 Å². The molecular formula is C13H21BrN2. The largest absolute Gasteiger partial charge is 0.371 e. The molecule has 0 amide bonds. The van der Waals surface area contributed by atoms with Crippen LogP contribution in [-0.4, -0.2) is 26.2 Å². The molecule has 0 radical (unpaired) electrons. The zero-order valence-corrected chi connectivity index (χ0v) is 11.8. The van der Waals surface area contributed by atoms with Crippen LogP contribution in [0.15, 0.2) is 28.7 Å². The highest BCUT2D eigenvalue weighted by Crippen LogP contribution is 2.17. The molecule has 1 N–H and O–H groups in total. The number of halogens is 1. The van der Waals surface area contributed by atoms with Crippen molar-refractivity contribution in [3.8, 4) is 0 Å². The summed E-state index contributed by atoms with van der Waals surface area (Å²) in [5, 5.41) is 3.43. The Morgan fingerprint density at radius 1 is 1.12 bits per heavy atom. The molecule has 0 aromatic heterocycles. The Morgan fingerprint density at radius 3 is 2.38 bits per heavy atom. The number of likely N-dealkylation sites (N-methyl/N-ethyl adjacent to an activating group) is 1. The van der Waals surface area contributed by atoms with Crippen molar-refractivity contribution in [2.75, 3.05) is 31.1 Å². The van der Waals surface area contributed by atoms with Crippen molar-refractivity contribution in [2.24, 2.45) is 0 Å². The van der Waals surface area contributed by atoms with Crippen LogP contribution < -0.4 is 10.2 Å². The molecule has 0 aliphatic carbocycles. The highest BCUT2D eigenvalue weighted by atomic mass is 79.9. The van der Waals surface area contributed by atoms with Gasteiger partial charge in [-0.3, -0.25) is 0 Å². The average molecular weight is 285 g/mol. The molecule has 0 saturated heterocycles. The van der Waals surface area contributed by atoms with E-state index < -0.39 is 0 Å². The summed E-state index contributed by atoms with van der Waals surface area (Å²) in [4.78, 5) is 2.38. The van der Waals surface area contributed by atoms with Crippen molar-refractivity contribution < 1.29 is 0 Å². The van der Waals surface area contributed by atoms with Gasteiger partial charge in [0.25, 0.3) is 0 Å². The molecule has 2 nitrogen and oxygen atoms in total. The molecule has 3 heteroatoms. The topological polar surface area (TPSA) is 15.3 Å². The van der Waals surface area contributed by atoms with Crippen molar-refractivity contribution in [2.45, 2.75) is 20.3 Å². The third kappa shape index (κ3) is 4.54. The maximum atomic E-state index is 3.46. The number of hydrogen-bond acceptors (Lipinski definition) is 2. The van der Waals surface area contributed by atoms with Crippen LogP contribution in [0.5, 0.6) is 0 Å². The molecular weight excluding hydrogens is 264 g/mol. The molecule has 0 heterocycles. The van der Waals surface area contributed by atoms with E-state index in [-0.39, 0.29) is 0 Å². The van der Waals surface area contributed by atoms with Gasteiger partial charge in [-0.25, -0.2) is 0 Å². The van der Waals surface area contributed by atoms with Crippen LogP contribution in [0.3, 0.4) is 0 Å². The summed E-state index contributed by atoms with van der Waals surface area (Å²) in [6.45, 7) is 8.67. The van der Waals surface area contributed by atoms with Crippen LogP contribution in [0, 0.1) is 0 Å². The number of anilines is 1. The van der Waals surface area contributed by atoms with Gasteiger partial charge in [-0.05, 0) is 44.2 Å². The van der Waals surface area contributed by atoms with Gasteiger partial charge in [0, 0.05) is 29.8 Å². The van der Waals surface area contributed by atoms with Crippen molar-refractivity contribution in [1.29, 1.82) is 0 Å². The first-order chi connectivity index (χ1) is 7.77.